The highest BCUT2D eigenvalue weighted by atomic mass is 32.1. The number of nitrogens with zero attached hydrogens (tertiary/aromatic N) is 2. The van der Waals surface area contributed by atoms with Gasteiger partial charge >= 0.3 is 0 Å². The van der Waals surface area contributed by atoms with Crippen molar-refractivity contribution in [1.82, 2.24) is 20.4 Å². The van der Waals surface area contributed by atoms with Crippen LogP contribution in [0.1, 0.15) is 36.9 Å². The van der Waals surface area contributed by atoms with Crippen LogP contribution in [0.4, 0.5) is 0 Å². The first kappa shape index (κ1) is 16.3. The average Bonchev–Trinajstić information content (AvgIpc) is 3.27. The van der Waals surface area contributed by atoms with Gasteiger partial charge in [0.15, 0.2) is 0 Å². The van der Waals surface area contributed by atoms with Gasteiger partial charge in [-0.05, 0) is 35.7 Å². The predicted octanol–water partition coefficient (Wildman–Crippen LogP) is 3.23. The molecule has 3 heterocycles. The fourth-order valence-electron chi connectivity index (χ4n) is 3.46. The molecule has 2 atom stereocenters. The molecule has 0 spiro atoms. The van der Waals surface area contributed by atoms with E-state index in [1.165, 1.54) is 15.6 Å². The molecular weight excluding hydrogens is 332 g/mol. The highest BCUT2D eigenvalue weighted by molar-refractivity contribution is 7.17. The van der Waals surface area contributed by atoms with Crippen molar-refractivity contribution in [3.05, 3.63) is 53.2 Å². The summed E-state index contributed by atoms with van der Waals surface area (Å²) >= 11 is 1.78. The van der Waals surface area contributed by atoms with Crippen LogP contribution < -0.4 is 10.6 Å². The van der Waals surface area contributed by atoms with Crippen LogP contribution >= 0.6 is 11.3 Å². The van der Waals surface area contributed by atoms with E-state index in [0.29, 0.717) is 6.42 Å². The summed E-state index contributed by atoms with van der Waals surface area (Å²) in [5.74, 6) is 0.119. The molecule has 4 rings (SSSR count). The molecule has 0 saturated carbocycles. The van der Waals surface area contributed by atoms with Crippen LogP contribution in [0.5, 0.6) is 0 Å². The molecule has 1 fully saturated rings. The smallest absolute Gasteiger partial charge is 0.220 e. The number of carbonyl (C=O) groups excluding carboxylic acids is 1. The highest BCUT2D eigenvalue weighted by Crippen LogP contribution is 2.28. The summed E-state index contributed by atoms with van der Waals surface area (Å²) in [5, 5.41) is 14.7. The second-order valence-corrected chi connectivity index (χ2v) is 7.37. The first-order chi connectivity index (χ1) is 12.2. The van der Waals surface area contributed by atoms with Crippen molar-refractivity contribution in [1.29, 1.82) is 0 Å². The molecule has 1 aliphatic heterocycles. The lowest BCUT2D eigenvalue weighted by Crippen LogP contribution is -2.48. The van der Waals surface area contributed by atoms with Crippen molar-refractivity contribution < 1.29 is 4.79 Å². The molecule has 1 aromatic carbocycles. The monoisotopic (exact) mass is 354 g/mol. The maximum Gasteiger partial charge on any atom is 0.220 e. The van der Waals surface area contributed by atoms with Crippen LogP contribution in [0.15, 0.2) is 42.0 Å². The Morgan fingerprint density at radius 1 is 1.40 bits per heavy atom. The summed E-state index contributed by atoms with van der Waals surface area (Å²) in [6.07, 6.45) is 5.32. The molecule has 6 heteroatoms. The summed E-state index contributed by atoms with van der Waals surface area (Å²) < 4.78 is 3.22. The van der Waals surface area contributed by atoms with Crippen molar-refractivity contribution in [2.24, 2.45) is 0 Å². The van der Waals surface area contributed by atoms with Crippen LogP contribution in [0.3, 0.4) is 0 Å². The number of rotatable bonds is 5. The van der Waals surface area contributed by atoms with E-state index in [9.17, 15) is 4.79 Å². The SMILES string of the molecule is CCn1cc([C@@H]2NC(=O)CC[C@H]2NCc2csc3ccccc23)cn1. The number of piperidine rings is 1. The number of carbonyl (C=O) groups is 1. The van der Waals surface area contributed by atoms with Crippen LogP contribution in [0, 0.1) is 0 Å². The minimum Gasteiger partial charge on any atom is -0.348 e. The van der Waals surface area contributed by atoms with E-state index < -0.39 is 0 Å². The van der Waals surface area contributed by atoms with Gasteiger partial charge in [-0.1, -0.05) is 18.2 Å². The second kappa shape index (κ2) is 6.98. The zero-order valence-electron chi connectivity index (χ0n) is 14.2. The van der Waals surface area contributed by atoms with E-state index in [1.807, 2.05) is 17.1 Å². The van der Waals surface area contributed by atoms with Crippen LogP contribution in [-0.2, 0) is 17.9 Å². The Kier molecular flexibility index (Phi) is 4.55. The van der Waals surface area contributed by atoms with Gasteiger partial charge < -0.3 is 10.6 Å². The quantitative estimate of drug-likeness (QED) is 0.740. The number of thiophene rings is 1. The Hall–Kier alpha value is -2.18. The number of nitrogens with one attached hydrogen (secondary N) is 2. The first-order valence-corrected chi connectivity index (χ1v) is 9.62. The predicted molar refractivity (Wildman–Crippen MR) is 100 cm³/mol. The molecule has 1 amide bonds. The topological polar surface area (TPSA) is 59.0 Å². The molecule has 3 aromatic rings. The fourth-order valence-corrected chi connectivity index (χ4v) is 4.42. The van der Waals surface area contributed by atoms with Crippen LogP contribution in [0.2, 0.25) is 0 Å². The summed E-state index contributed by atoms with van der Waals surface area (Å²) in [5.41, 5.74) is 2.39. The number of aromatic nitrogens is 2. The Morgan fingerprint density at radius 2 is 2.28 bits per heavy atom. The third kappa shape index (κ3) is 3.32. The van der Waals surface area contributed by atoms with Gasteiger partial charge in [0.05, 0.1) is 12.2 Å². The Morgan fingerprint density at radius 3 is 3.12 bits per heavy atom. The van der Waals surface area contributed by atoms with E-state index in [2.05, 4.69) is 52.3 Å². The lowest BCUT2D eigenvalue weighted by atomic mass is 9.93. The first-order valence-electron chi connectivity index (χ1n) is 8.75. The van der Waals surface area contributed by atoms with Gasteiger partial charge in [0.25, 0.3) is 0 Å². The Bertz CT molecular complexity index is 884. The van der Waals surface area contributed by atoms with Crippen molar-refractivity contribution >= 4 is 27.3 Å². The van der Waals surface area contributed by atoms with Crippen LogP contribution in [-0.4, -0.2) is 21.7 Å². The maximum absolute atomic E-state index is 11.9. The summed E-state index contributed by atoms with van der Waals surface area (Å²) in [6.45, 7) is 3.70. The van der Waals surface area contributed by atoms with Crippen molar-refractivity contribution in [3.8, 4) is 0 Å². The fraction of sp³-hybridized carbons (Fsp3) is 0.368. The normalized spacial score (nSPS) is 20.8. The molecule has 0 bridgehead atoms. The van der Waals surface area contributed by atoms with Gasteiger partial charge in [-0.25, -0.2) is 0 Å². The molecule has 0 unspecified atom stereocenters. The van der Waals surface area contributed by atoms with Gasteiger partial charge in [-0.2, -0.15) is 5.10 Å². The van der Waals surface area contributed by atoms with E-state index in [4.69, 9.17) is 0 Å². The number of fused-ring (bicyclic) bond motifs is 1. The summed E-state index contributed by atoms with van der Waals surface area (Å²) in [6, 6.07) is 8.69. The van der Waals surface area contributed by atoms with Crippen molar-refractivity contribution in [3.63, 3.8) is 0 Å². The van der Waals surface area contributed by atoms with Gasteiger partial charge in [0, 0.05) is 42.0 Å². The van der Waals surface area contributed by atoms with E-state index in [-0.39, 0.29) is 18.0 Å². The second-order valence-electron chi connectivity index (χ2n) is 6.46. The minimum atomic E-state index is -0.0218. The number of hydrogen-bond donors (Lipinski definition) is 2. The largest absolute Gasteiger partial charge is 0.348 e. The molecule has 1 saturated heterocycles. The van der Waals surface area contributed by atoms with Gasteiger partial charge in [0.1, 0.15) is 0 Å². The average molecular weight is 354 g/mol. The molecule has 130 valence electrons. The Balaban J connectivity index is 1.51. The zero-order chi connectivity index (χ0) is 17.2. The standard InChI is InChI=1S/C19H22N4OS/c1-2-23-11-13(10-21-23)19-16(7-8-18(24)22-19)20-9-14-12-25-17-6-4-3-5-15(14)17/h3-6,10-12,16,19-20H,2,7-9H2,1H3,(H,22,24)/t16-,19+/m1/s1. The zero-order valence-corrected chi connectivity index (χ0v) is 15.1. The van der Waals surface area contributed by atoms with Gasteiger partial charge in [0.2, 0.25) is 5.91 Å². The molecular formula is C19H22N4OS. The molecule has 25 heavy (non-hydrogen) atoms. The third-order valence-corrected chi connectivity index (χ3v) is 5.87. The number of benzene rings is 1. The van der Waals surface area contributed by atoms with E-state index in [0.717, 1.165) is 25.1 Å². The lowest BCUT2D eigenvalue weighted by molar-refractivity contribution is -0.123. The van der Waals surface area contributed by atoms with Crippen molar-refractivity contribution in [2.75, 3.05) is 0 Å². The molecule has 0 aliphatic carbocycles. The third-order valence-electron chi connectivity index (χ3n) is 4.85. The maximum atomic E-state index is 11.9. The van der Waals surface area contributed by atoms with E-state index in [1.54, 1.807) is 11.3 Å². The summed E-state index contributed by atoms with van der Waals surface area (Å²) in [4.78, 5) is 11.9. The minimum absolute atomic E-state index is 0.0218. The summed E-state index contributed by atoms with van der Waals surface area (Å²) in [7, 11) is 0. The molecule has 2 aromatic heterocycles. The molecule has 2 N–H and O–H groups in total. The Labute approximate surface area is 151 Å². The molecule has 1 aliphatic rings. The van der Waals surface area contributed by atoms with Gasteiger partial charge in [-0.3, -0.25) is 9.48 Å². The van der Waals surface area contributed by atoms with Gasteiger partial charge in [-0.15, -0.1) is 11.3 Å². The molecule has 5 nitrogen and oxygen atoms in total. The van der Waals surface area contributed by atoms with Crippen LogP contribution in [0.25, 0.3) is 10.1 Å². The number of amides is 1. The number of hydrogen-bond acceptors (Lipinski definition) is 4. The highest BCUT2D eigenvalue weighted by Gasteiger charge is 2.30. The van der Waals surface area contributed by atoms with E-state index >= 15 is 0 Å². The number of aryl methyl sites for hydroxylation is 1. The lowest BCUT2D eigenvalue weighted by Gasteiger charge is -2.32. The molecule has 0 radical (unpaired) electrons. The van der Waals surface area contributed by atoms with Crippen molar-refractivity contribution in [2.45, 2.75) is 44.9 Å².